The highest BCUT2D eigenvalue weighted by atomic mass is 16.5. The molecule has 3 heteroatoms. The molecule has 0 saturated carbocycles. The summed E-state index contributed by atoms with van der Waals surface area (Å²) in [5.41, 5.74) is 2.79. The van der Waals surface area contributed by atoms with Crippen molar-refractivity contribution < 1.29 is 9.47 Å². The minimum atomic E-state index is 0.714. The fourth-order valence-electron chi connectivity index (χ4n) is 2.01. The van der Waals surface area contributed by atoms with E-state index in [9.17, 15) is 0 Å². The first-order chi connectivity index (χ1) is 7.33. The summed E-state index contributed by atoms with van der Waals surface area (Å²) in [5, 5.41) is 0. The molecular formula is C12H17NO2. The van der Waals surface area contributed by atoms with E-state index in [4.69, 9.17) is 9.47 Å². The molecule has 0 N–H and O–H groups in total. The van der Waals surface area contributed by atoms with E-state index in [1.165, 1.54) is 11.1 Å². The molecule has 15 heavy (non-hydrogen) atoms. The molecular weight excluding hydrogens is 190 g/mol. The Hall–Kier alpha value is -1.06. The van der Waals surface area contributed by atoms with Gasteiger partial charge in [0, 0.05) is 20.2 Å². The maximum atomic E-state index is 5.22. The zero-order valence-corrected chi connectivity index (χ0v) is 9.32. The number of hydrogen-bond donors (Lipinski definition) is 0. The van der Waals surface area contributed by atoms with E-state index in [2.05, 4.69) is 17.0 Å². The highest BCUT2D eigenvalue weighted by molar-refractivity contribution is 5.37. The second kappa shape index (κ2) is 4.64. The van der Waals surface area contributed by atoms with E-state index in [-0.39, 0.29) is 0 Å². The van der Waals surface area contributed by atoms with Gasteiger partial charge in [0.25, 0.3) is 0 Å². The molecule has 1 aromatic rings. The average molecular weight is 207 g/mol. The van der Waals surface area contributed by atoms with Crippen LogP contribution >= 0.6 is 0 Å². The molecule has 0 aliphatic carbocycles. The van der Waals surface area contributed by atoms with Gasteiger partial charge in [-0.1, -0.05) is 6.07 Å². The lowest BCUT2D eigenvalue weighted by molar-refractivity contribution is 0.0543. The molecule has 0 bridgehead atoms. The third-order valence-electron chi connectivity index (χ3n) is 2.82. The molecule has 1 heterocycles. The predicted molar refractivity (Wildman–Crippen MR) is 59.0 cm³/mol. The molecule has 2 rings (SSSR count). The third kappa shape index (κ3) is 2.30. The van der Waals surface area contributed by atoms with Crippen molar-refractivity contribution >= 4 is 0 Å². The van der Waals surface area contributed by atoms with Gasteiger partial charge in [0.15, 0.2) is 0 Å². The van der Waals surface area contributed by atoms with E-state index in [1.54, 1.807) is 14.2 Å². The van der Waals surface area contributed by atoms with Crippen molar-refractivity contribution in [2.75, 3.05) is 27.5 Å². The second-order valence-electron chi connectivity index (χ2n) is 3.85. The molecule has 0 aromatic heterocycles. The van der Waals surface area contributed by atoms with Gasteiger partial charge < -0.3 is 9.47 Å². The molecule has 0 radical (unpaired) electrons. The topological polar surface area (TPSA) is 21.7 Å². The normalized spacial score (nSPS) is 16.1. The number of nitrogens with zero attached hydrogens (tertiary/aromatic N) is 1. The number of rotatable bonds is 3. The lowest BCUT2D eigenvalue weighted by atomic mass is 10.00. The monoisotopic (exact) mass is 207 g/mol. The van der Waals surface area contributed by atoms with Crippen LogP contribution in [-0.2, 0) is 17.7 Å². The maximum Gasteiger partial charge on any atom is 0.119 e. The van der Waals surface area contributed by atoms with Crippen molar-refractivity contribution in [3.8, 4) is 5.75 Å². The van der Waals surface area contributed by atoms with Crippen molar-refractivity contribution in [2.24, 2.45) is 0 Å². The summed E-state index contributed by atoms with van der Waals surface area (Å²) in [6.45, 7) is 2.76. The van der Waals surface area contributed by atoms with Crippen molar-refractivity contribution in [2.45, 2.75) is 13.0 Å². The van der Waals surface area contributed by atoms with Crippen LogP contribution in [0.25, 0.3) is 0 Å². The summed E-state index contributed by atoms with van der Waals surface area (Å²) < 4.78 is 10.4. The molecule has 1 aliphatic heterocycles. The maximum absolute atomic E-state index is 5.22. The van der Waals surface area contributed by atoms with Gasteiger partial charge in [0.1, 0.15) is 5.75 Å². The molecule has 0 fully saturated rings. The summed E-state index contributed by atoms with van der Waals surface area (Å²) in [6, 6.07) is 6.31. The number of hydrogen-bond acceptors (Lipinski definition) is 3. The van der Waals surface area contributed by atoms with Crippen molar-refractivity contribution in [3.05, 3.63) is 29.3 Å². The second-order valence-corrected chi connectivity index (χ2v) is 3.85. The van der Waals surface area contributed by atoms with E-state index >= 15 is 0 Å². The van der Waals surface area contributed by atoms with Crippen LogP contribution in [0, 0.1) is 0 Å². The average Bonchev–Trinajstić information content (AvgIpc) is 2.29. The van der Waals surface area contributed by atoms with E-state index < -0.39 is 0 Å². The lowest BCUT2D eigenvalue weighted by Crippen LogP contribution is -2.31. The van der Waals surface area contributed by atoms with Crippen LogP contribution in [0.3, 0.4) is 0 Å². The first-order valence-corrected chi connectivity index (χ1v) is 5.20. The smallest absolute Gasteiger partial charge is 0.119 e. The summed E-state index contributed by atoms with van der Waals surface area (Å²) >= 11 is 0. The largest absolute Gasteiger partial charge is 0.497 e. The predicted octanol–water partition coefficient (Wildman–Crippen LogP) is 1.66. The van der Waals surface area contributed by atoms with Crippen LogP contribution in [0.2, 0.25) is 0 Å². The van der Waals surface area contributed by atoms with Crippen LogP contribution in [0.15, 0.2) is 18.2 Å². The van der Waals surface area contributed by atoms with Gasteiger partial charge in [0.05, 0.1) is 13.8 Å². The zero-order chi connectivity index (χ0) is 10.7. The van der Waals surface area contributed by atoms with Crippen LogP contribution in [0.5, 0.6) is 5.75 Å². The highest BCUT2D eigenvalue weighted by Crippen LogP contribution is 2.23. The van der Waals surface area contributed by atoms with Crippen LogP contribution in [0.1, 0.15) is 11.1 Å². The van der Waals surface area contributed by atoms with Gasteiger partial charge in [0.2, 0.25) is 0 Å². The zero-order valence-electron chi connectivity index (χ0n) is 9.32. The Balaban J connectivity index is 2.13. The van der Waals surface area contributed by atoms with Crippen molar-refractivity contribution in [1.82, 2.24) is 4.90 Å². The third-order valence-corrected chi connectivity index (χ3v) is 2.82. The summed E-state index contributed by atoms with van der Waals surface area (Å²) in [6.07, 6.45) is 1.08. The molecule has 0 unspecified atom stereocenters. The quantitative estimate of drug-likeness (QED) is 0.752. The van der Waals surface area contributed by atoms with Crippen LogP contribution in [-0.4, -0.2) is 32.4 Å². The number of methoxy groups -OCH3 is 2. The minimum absolute atomic E-state index is 0.714. The Kier molecular flexibility index (Phi) is 3.23. The Labute approximate surface area is 90.6 Å². The Bertz CT molecular complexity index is 338. The summed E-state index contributed by atoms with van der Waals surface area (Å²) in [4.78, 5) is 2.30. The van der Waals surface area contributed by atoms with Gasteiger partial charge >= 0.3 is 0 Å². The fraction of sp³-hybridized carbons (Fsp3) is 0.500. The number of fused-ring (bicyclic) bond motifs is 1. The SMILES string of the molecule is COCN1CCc2cc(OC)ccc2C1. The Morgan fingerprint density at radius 3 is 2.87 bits per heavy atom. The Morgan fingerprint density at radius 1 is 1.27 bits per heavy atom. The highest BCUT2D eigenvalue weighted by Gasteiger charge is 2.15. The van der Waals surface area contributed by atoms with Crippen LogP contribution < -0.4 is 4.74 Å². The van der Waals surface area contributed by atoms with E-state index in [1.807, 2.05) is 6.07 Å². The Morgan fingerprint density at radius 2 is 2.13 bits per heavy atom. The van der Waals surface area contributed by atoms with Gasteiger partial charge in [-0.25, -0.2) is 0 Å². The lowest BCUT2D eigenvalue weighted by Gasteiger charge is -2.28. The number of ether oxygens (including phenoxy) is 2. The van der Waals surface area contributed by atoms with Crippen molar-refractivity contribution in [1.29, 1.82) is 0 Å². The van der Waals surface area contributed by atoms with Gasteiger partial charge in [-0.2, -0.15) is 0 Å². The molecule has 1 aliphatic rings. The standard InChI is InChI=1S/C12H17NO2/c1-14-9-13-6-5-10-7-12(15-2)4-3-11(10)8-13/h3-4,7H,5-6,8-9H2,1-2H3. The van der Waals surface area contributed by atoms with Gasteiger partial charge in [-0.15, -0.1) is 0 Å². The minimum Gasteiger partial charge on any atom is -0.497 e. The first-order valence-electron chi connectivity index (χ1n) is 5.20. The molecule has 0 amide bonds. The molecule has 3 nitrogen and oxygen atoms in total. The fourth-order valence-corrected chi connectivity index (χ4v) is 2.01. The number of benzene rings is 1. The molecule has 1 aromatic carbocycles. The van der Waals surface area contributed by atoms with Crippen LogP contribution in [0.4, 0.5) is 0 Å². The van der Waals surface area contributed by atoms with E-state index in [0.717, 1.165) is 25.3 Å². The van der Waals surface area contributed by atoms with Crippen molar-refractivity contribution in [3.63, 3.8) is 0 Å². The molecule has 0 saturated heterocycles. The van der Waals surface area contributed by atoms with Gasteiger partial charge in [-0.05, 0) is 29.7 Å². The van der Waals surface area contributed by atoms with Gasteiger partial charge in [-0.3, -0.25) is 4.90 Å². The molecule has 82 valence electrons. The van der Waals surface area contributed by atoms with E-state index in [0.29, 0.717) is 6.73 Å². The summed E-state index contributed by atoms with van der Waals surface area (Å²) in [7, 11) is 3.45. The molecule has 0 spiro atoms. The molecule has 0 atom stereocenters. The first kappa shape index (κ1) is 10.5. The summed E-state index contributed by atoms with van der Waals surface area (Å²) in [5.74, 6) is 0.953.